The van der Waals surface area contributed by atoms with E-state index < -0.39 is 5.54 Å². The maximum absolute atomic E-state index is 13.7. The lowest BCUT2D eigenvalue weighted by Gasteiger charge is -2.39. The van der Waals surface area contributed by atoms with Gasteiger partial charge in [0, 0.05) is 13.0 Å². The number of ether oxygens (including phenoxy) is 2. The maximum atomic E-state index is 13.7. The van der Waals surface area contributed by atoms with Gasteiger partial charge in [-0.15, -0.1) is 0 Å². The van der Waals surface area contributed by atoms with Gasteiger partial charge in [0.25, 0.3) is 0 Å². The van der Waals surface area contributed by atoms with Gasteiger partial charge < -0.3 is 19.4 Å². The molecular formula is C25H26N6O3. The van der Waals surface area contributed by atoms with E-state index in [-0.39, 0.29) is 11.9 Å². The van der Waals surface area contributed by atoms with Gasteiger partial charge in [-0.1, -0.05) is 31.2 Å². The molecule has 0 spiro atoms. The standard InChI is InChI=1S/C25H26N6O3/c1-16(18-7-11-20(34-4)12-8-18)25-21-22(27-14-26-21)28-15-29-23(25)31(24(32)30(25)2)13-17-5-9-19(33-3)10-6-17/h5-12,14-16H,13H2,1-4H3,(H,26,27). The molecule has 1 aromatic heterocycles. The minimum absolute atomic E-state index is 0.147. The Morgan fingerprint density at radius 1 is 1.03 bits per heavy atom. The quantitative estimate of drug-likeness (QED) is 0.602. The minimum atomic E-state index is -0.930. The average molecular weight is 459 g/mol. The Balaban J connectivity index is 1.63. The average Bonchev–Trinajstić information content (AvgIpc) is 3.37. The van der Waals surface area contributed by atoms with Gasteiger partial charge in [-0.3, -0.25) is 4.90 Å². The zero-order valence-corrected chi connectivity index (χ0v) is 19.5. The van der Waals surface area contributed by atoms with E-state index in [1.807, 2.05) is 55.6 Å². The first kappa shape index (κ1) is 21.7. The number of nitrogens with one attached hydrogen (secondary N) is 1. The number of nitrogens with zero attached hydrogens (tertiary/aromatic N) is 5. The molecule has 3 heterocycles. The molecule has 2 aliphatic rings. The molecule has 2 aromatic carbocycles. The van der Waals surface area contributed by atoms with Crippen LogP contribution in [0.25, 0.3) is 0 Å². The van der Waals surface area contributed by atoms with Gasteiger partial charge in [-0.2, -0.15) is 0 Å². The number of carbonyl (C=O) groups is 1. The zero-order chi connectivity index (χ0) is 23.9. The third-order valence-corrected chi connectivity index (χ3v) is 6.75. The summed E-state index contributed by atoms with van der Waals surface area (Å²) in [5, 5.41) is 0. The molecule has 0 aliphatic carbocycles. The van der Waals surface area contributed by atoms with Gasteiger partial charge in [0.15, 0.2) is 11.4 Å². The summed E-state index contributed by atoms with van der Waals surface area (Å²) in [6, 6.07) is 15.4. The van der Waals surface area contributed by atoms with Crippen molar-refractivity contribution < 1.29 is 14.3 Å². The van der Waals surface area contributed by atoms with Crippen LogP contribution >= 0.6 is 0 Å². The highest BCUT2D eigenvalue weighted by Gasteiger charge is 2.60. The van der Waals surface area contributed by atoms with Crippen LogP contribution in [0.5, 0.6) is 11.5 Å². The Morgan fingerprint density at radius 3 is 2.32 bits per heavy atom. The van der Waals surface area contributed by atoms with Crippen molar-refractivity contribution in [2.75, 3.05) is 21.3 Å². The number of hydrogen-bond acceptors (Lipinski definition) is 6. The highest BCUT2D eigenvalue weighted by molar-refractivity contribution is 6.13. The van der Waals surface area contributed by atoms with Gasteiger partial charge in [0.2, 0.25) is 0 Å². The van der Waals surface area contributed by atoms with E-state index in [2.05, 4.69) is 21.9 Å². The summed E-state index contributed by atoms with van der Waals surface area (Å²) in [7, 11) is 5.08. The number of aromatic nitrogens is 2. The zero-order valence-electron chi connectivity index (χ0n) is 19.5. The lowest BCUT2D eigenvalue weighted by Crippen LogP contribution is -2.49. The number of rotatable bonds is 6. The Bertz CT molecular complexity index is 1260. The van der Waals surface area contributed by atoms with Gasteiger partial charge in [0.1, 0.15) is 23.7 Å². The van der Waals surface area contributed by atoms with Crippen LogP contribution in [0.4, 0.5) is 10.6 Å². The van der Waals surface area contributed by atoms with Crippen LogP contribution in [0.15, 0.2) is 64.8 Å². The number of imidazole rings is 1. The molecule has 2 aliphatic heterocycles. The molecule has 9 nitrogen and oxygen atoms in total. The smallest absolute Gasteiger partial charge is 0.326 e. The molecule has 1 saturated heterocycles. The highest BCUT2D eigenvalue weighted by atomic mass is 16.5. The van der Waals surface area contributed by atoms with E-state index in [0.717, 1.165) is 28.3 Å². The normalized spacial score (nSPS) is 19.9. The summed E-state index contributed by atoms with van der Waals surface area (Å²) in [5.41, 5.74) is 1.79. The van der Waals surface area contributed by atoms with E-state index in [0.29, 0.717) is 18.2 Å². The van der Waals surface area contributed by atoms with E-state index >= 15 is 0 Å². The number of likely N-dealkylation sites (N-methyl/N-ethyl adjacent to an activating group) is 1. The molecule has 2 amide bonds. The number of amides is 2. The van der Waals surface area contributed by atoms with E-state index in [1.165, 1.54) is 6.34 Å². The predicted octanol–water partition coefficient (Wildman–Crippen LogP) is 4.07. The van der Waals surface area contributed by atoms with Crippen LogP contribution < -0.4 is 9.47 Å². The Kier molecular flexibility index (Phi) is 5.31. The molecule has 34 heavy (non-hydrogen) atoms. The fourth-order valence-corrected chi connectivity index (χ4v) is 4.92. The van der Waals surface area contributed by atoms with Crippen molar-refractivity contribution in [3.05, 3.63) is 71.7 Å². The Labute approximate surface area is 197 Å². The third kappa shape index (κ3) is 3.15. The number of urea groups is 1. The first-order valence-corrected chi connectivity index (χ1v) is 11.0. The lowest BCUT2D eigenvalue weighted by atomic mass is 9.76. The van der Waals surface area contributed by atoms with Crippen molar-refractivity contribution >= 4 is 24.0 Å². The number of benzene rings is 2. The number of carbonyl (C=O) groups excluding carboxylic acids is 1. The van der Waals surface area contributed by atoms with Crippen LogP contribution in [-0.2, 0) is 12.1 Å². The summed E-state index contributed by atoms with van der Waals surface area (Å²) < 4.78 is 10.6. The summed E-state index contributed by atoms with van der Waals surface area (Å²) >= 11 is 0. The lowest BCUT2D eigenvalue weighted by molar-refractivity contribution is 0.167. The number of H-pyrrole nitrogens is 1. The molecule has 0 radical (unpaired) electrons. The largest absolute Gasteiger partial charge is 0.497 e. The van der Waals surface area contributed by atoms with Crippen LogP contribution in [0.2, 0.25) is 0 Å². The van der Waals surface area contributed by atoms with E-state index in [1.54, 1.807) is 30.3 Å². The van der Waals surface area contributed by atoms with E-state index in [9.17, 15) is 4.79 Å². The highest BCUT2D eigenvalue weighted by Crippen LogP contribution is 2.50. The molecule has 9 heteroatoms. The molecule has 1 N–H and O–H groups in total. The molecular weight excluding hydrogens is 432 g/mol. The van der Waals surface area contributed by atoms with Crippen LogP contribution in [0, 0.1) is 0 Å². The van der Waals surface area contributed by atoms with Crippen LogP contribution in [-0.4, -0.2) is 59.2 Å². The van der Waals surface area contributed by atoms with Crippen molar-refractivity contribution in [2.24, 2.45) is 9.98 Å². The summed E-state index contributed by atoms with van der Waals surface area (Å²) in [6.07, 6.45) is 3.09. The van der Waals surface area contributed by atoms with Crippen molar-refractivity contribution in [3.8, 4) is 11.5 Å². The van der Waals surface area contributed by atoms with E-state index in [4.69, 9.17) is 14.5 Å². The van der Waals surface area contributed by atoms with Crippen molar-refractivity contribution in [2.45, 2.75) is 24.9 Å². The van der Waals surface area contributed by atoms with Gasteiger partial charge >= 0.3 is 6.03 Å². The second-order valence-electron chi connectivity index (χ2n) is 8.34. The van der Waals surface area contributed by atoms with Crippen molar-refractivity contribution in [1.82, 2.24) is 19.8 Å². The number of hydrogen-bond donors (Lipinski definition) is 1. The fraction of sp³-hybridized carbons (Fsp3) is 0.280. The second kappa shape index (κ2) is 8.33. The number of fused-ring (bicyclic) bond motifs is 3. The van der Waals surface area contributed by atoms with Gasteiger partial charge in [-0.05, 0) is 35.4 Å². The first-order chi connectivity index (χ1) is 16.5. The molecule has 5 rings (SSSR count). The third-order valence-electron chi connectivity index (χ3n) is 6.75. The molecule has 0 saturated carbocycles. The maximum Gasteiger partial charge on any atom is 0.326 e. The summed E-state index contributed by atoms with van der Waals surface area (Å²) in [5.74, 6) is 2.48. The summed E-state index contributed by atoms with van der Waals surface area (Å²) in [6.45, 7) is 2.45. The Hall–Kier alpha value is -4.14. The first-order valence-electron chi connectivity index (χ1n) is 11.0. The van der Waals surface area contributed by atoms with Crippen molar-refractivity contribution in [3.63, 3.8) is 0 Å². The monoisotopic (exact) mass is 458 g/mol. The van der Waals surface area contributed by atoms with Gasteiger partial charge in [0.05, 0.1) is 32.8 Å². The molecule has 0 bridgehead atoms. The fourth-order valence-electron chi connectivity index (χ4n) is 4.92. The molecule has 2 atom stereocenters. The number of amidine groups is 1. The number of aromatic amines is 1. The topological polar surface area (TPSA) is 95.4 Å². The number of methoxy groups -OCH3 is 2. The molecule has 2 unspecified atom stereocenters. The van der Waals surface area contributed by atoms with Crippen LogP contribution in [0.1, 0.15) is 29.7 Å². The SMILES string of the molecule is COc1ccc(CN2C(=O)N(C)C3(C(C)c4ccc(OC)cc4)C2=NC=Nc2nc[nH]c23)cc1. The molecule has 174 valence electrons. The molecule has 1 fully saturated rings. The second-order valence-corrected chi connectivity index (χ2v) is 8.34. The Morgan fingerprint density at radius 2 is 1.68 bits per heavy atom. The molecule has 3 aromatic rings. The van der Waals surface area contributed by atoms with Gasteiger partial charge in [-0.25, -0.2) is 19.8 Å². The number of aliphatic imine (C=N–C) groups is 2. The van der Waals surface area contributed by atoms with Crippen LogP contribution in [0.3, 0.4) is 0 Å². The predicted molar refractivity (Wildman–Crippen MR) is 129 cm³/mol. The van der Waals surface area contributed by atoms with Crippen molar-refractivity contribution in [1.29, 1.82) is 0 Å². The minimum Gasteiger partial charge on any atom is -0.497 e. The summed E-state index contributed by atoms with van der Waals surface area (Å²) in [4.78, 5) is 34.0.